The average molecular weight is 402 g/mol. The third-order valence-corrected chi connectivity index (χ3v) is 6.10. The Hall–Kier alpha value is -2.32. The standard InChI is InChI=1S/C21H30N4O4/c1-15(26)25-12-17(3-4-18(22)13-25)21(27)24-8-6-23(7-9-24)11-16-2-5-19-20(10-16)29-14-28-19/h2,5,10,17-18H,3-4,6-9,11-14,22H2,1H3/t17-,18+/m1/s1. The Labute approximate surface area is 171 Å². The number of rotatable bonds is 3. The van der Waals surface area contributed by atoms with Crippen LogP contribution in [-0.4, -0.2) is 78.6 Å². The predicted molar refractivity (Wildman–Crippen MR) is 107 cm³/mol. The maximum atomic E-state index is 13.1. The van der Waals surface area contributed by atoms with Gasteiger partial charge in [-0.15, -0.1) is 0 Å². The summed E-state index contributed by atoms with van der Waals surface area (Å²) in [7, 11) is 0. The minimum Gasteiger partial charge on any atom is -0.454 e. The molecule has 3 aliphatic heterocycles. The molecule has 2 atom stereocenters. The number of carbonyl (C=O) groups excluding carboxylic acids is 2. The number of nitrogens with zero attached hydrogens (tertiary/aromatic N) is 3. The molecule has 4 rings (SSSR count). The van der Waals surface area contributed by atoms with Crippen LogP contribution in [0.4, 0.5) is 0 Å². The van der Waals surface area contributed by atoms with Gasteiger partial charge >= 0.3 is 0 Å². The second-order valence-corrected chi connectivity index (χ2v) is 8.25. The van der Waals surface area contributed by atoms with Gasteiger partial charge in [0.1, 0.15) is 0 Å². The van der Waals surface area contributed by atoms with E-state index in [2.05, 4.69) is 11.0 Å². The van der Waals surface area contributed by atoms with E-state index in [1.165, 1.54) is 5.56 Å². The normalized spacial score (nSPS) is 25.0. The zero-order valence-corrected chi connectivity index (χ0v) is 17.0. The fraction of sp³-hybridized carbons (Fsp3) is 0.619. The molecule has 8 heteroatoms. The Morgan fingerprint density at radius 3 is 2.55 bits per heavy atom. The number of hydrogen-bond donors (Lipinski definition) is 1. The number of benzene rings is 1. The van der Waals surface area contributed by atoms with Crippen LogP contribution in [0.5, 0.6) is 11.5 Å². The highest BCUT2D eigenvalue weighted by atomic mass is 16.7. The molecule has 0 saturated carbocycles. The summed E-state index contributed by atoms with van der Waals surface area (Å²) in [6.07, 6.45) is 1.53. The molecular weight excluding hydrogens is 372 g/mol. The third kappa shape index (κ3) is 4.64. The van der Waals surface area contributed by atoms with Crippen molar-refractivity contribution in [3.05, 3.63) is 23.8 Å². The van der Waals surface area contributed by atoms with E-state index in [-0.39, 0.29) is 30.6 Å². The Morgan fingerprint density at radius 2 is 1.79 bits per heavy atom. The van der Waals surface area contributed by atoms with E-state index in [1.807, 2.05) is 17.0 Å². The Morgan fingerprint density at radius 1 is 1.03 bits per heavy atom. The van der Waals surface area contributed by atoms with Crippen LogP contribution in [-0.2, 0) is 16.1 Å². The predicted octanol–water partition coefficient (Wildman–Crippen LogP) is 0.645. The smallest absolute Gasteiger partial charge is 0.231 e. The summed E-state index contributed by atoms with van der Waals surface area (Å²) in [5, 5.41) is 0. The molecule has 0 spiro atoms. The molecule has 3 heterocycles. The van der Waals surface area contributed by atoms with Crippen LogP contribution in [0, 0.1) is 5.92 Å². The molecule has 158 valence electrons. The summed E-state index contributed by atoms with van der Waals surface area (Å²) in [4.78, 5) is 31.0. The van der Waals surface area contributed by atoms with Crippen LogP contribution >= 0.6 is 0 Å². The van der Waals surface area contributed by atoms with Gasteiger partial charge in [0.2, 0.25) is 18.6 Å². The van der Waals surface area contributed by atoms with Crippen LogP contribution in [0.2, 0.25) is 0 Å². The molecule has 8 nitrogen and oxygen atoms in total. The third-order valence-electron chi connectivity index (χ3n) is 6.10. The van der Waals surface area contributed by atoms with E-state index in [0.29, 0.717) is 26.2 Å². The number of amides is 2. The van der Waals surface area contributed by atoms with Crippen molar-refractivity contribution in [2.75, 3.05) is 46.1 Å². The fourth-order valence-electron chi connectivity index (χ4n) is 4.36. The lowest BCUT2D eigenvalue weighted by Crippen LogP contribution is -2.51. The number of piperazine rings is 1. The van der Waals surface area contributed by atoms with Crippen molar-refractivity contribution in [3.8, 4) is 11.5 Å². The van der Waals surface area contributed by atoms with Gasteiger partial charge in [0, 0.05) is 58.8 Å². The Balaban J connectivity index is 1.30. The maximum absolute atomic E-state index is 13.1. The summed E-state index contributed by atoms with van der Waals surface area (Å²) >= 11 is 0. The molecule has 0 bridgehead atoms. The van der Waals surface area contributed by atoms with Crippen LogP contribution in [0.25, 0.3) is 0 Å². The molecule has 2 fully saturated rings. The van der Waals surface area contributed by atoms with Gasteiger partial charge in [0.25, 0.3) is 0 Å². The first kappa shape index (κ1) is 20.0. The van der Waals surface area contributed by atoms with Crippen LogP contribution < -0.4 is 15.2 Å². The summed E-state index contributed by atoms with van der Waals surface area (Å²) in [6.45, 7) is 6.79. The molecule has 0 aliphatic carbocycles. The maximum Gasteiger partial charge on any atom is 0.231 e. The highest BCUT2D eigenvalue weighted by molar-refractivity contribution is 5.80. The number of hydrogen-bond acceptors (Lipinski definition) is 6. The Bertz CT molecular complexity index is 763. The van der Waals surface area contributed by atoms with Gasteiger partial charge in [-0.1, -0.05) is 6.07 Å². The lowest BCUT2D eigenvalue weighted by Gasteiger charge is -2.37. The van der Waals surface area contributed by atoms with Gasteiger partial charge in [-0.2, -0.15) is 0 Å². The van der Waals surface area contributed by atoms with Gasteiger partial charge in [-0.25, -0.2) is 0 Å². The van der Waals surface area contributed by atoms with Gasteiger partial charge in [-0.3, -0.25) is 14.5 Å². The van der Waals surface area contributed by atoms with E-state index in [4.69, 9.17) is 15.2 Å². The molecule has 0 unspecified atom stereocenters. The number of ether oxygens (including phenoxy) is 2. The quantitative estimate of drug-likeness (QED) is 0.799. The van der Waals surface area contributed by atoms with Crippen molar-refractivity contribution >= 4 is 11.8 Å². The topological polar surface area (TPSA) is 88.3 Å². The number of carbonyl (C=O) groups is 2. The molecular formula is C21H30N4O4. The Kier molecular flexibility index (Phi) is 5.91. The summed E-state index contributed by atoms with van der Waals surface area (Å²) in [5.74, 6) is 1.61. The van der Waals surface area contributed by atoms with Crippen molar-refractivity contribution in [1.82, 2.24) is 14.7 Å². The molecule has 2 saturated heterocycles. The van der Waals surface area contributed by atoms with E-state index < -0.39 is 0 Å². The number of nitrogens with two attached hydrogens (primary N) is 1. The van der Waals surface area contributed by atoms with Crippen LogP contribution in [0.1, 0.15) is 25.3 Å². The van der Waals surface area contributed by atoms with Gasteiger partial charge in [-0.05, 0) is 30.5 Å². The largest absolute Gasteiger partial charge is 0.454 e. The fourth-order valence-corrected chi connectivity index (χ4v) is 4.36. The average Bonchev–Trinajstić information content (AvgIpc) is 3.08. The molecule has 3 aliphatic rings. The highest BCUT2D eigenvalue weighted by Crippen LogP contribution is 2.33. The zero-order valence-electron chi connectivity index (χ0n) is 17.0. The molecule has 1 aromatic carbocycles. The van der Waals surface area contributed by atoms with Gasteiger partial charge < -0.3 is 25.0 Å². The van der Waals surface area contributed by atoms with Gasteiger partial charge in [0.15, 0.2) is 11.5 Å². The summed E-state index contributed by atoms with van der Waals surface area (Å²) in [5.41, 5.74) is 7.27. The number of fused-ring (bicyclic) bond motifs is 1. The number of likely N-dealkylation sites (tertiary alicyclic amines) is 1. The van der Waals surface area contributed by atoms with Crippen molar-refractivity contribution in [1.29, 1.82) is 0 Å². The van der Waals surface area contributed by atoms with Crippen LogP contribution in [0.15, 0.2) is 18.2 Å². The minimum absolute atomic E-state index is 0.00584. The van der Waals surface area contributed by atoms with E-state index in [1.54, 1.807) is 11.8 Å². The summed E-state index contributed by atoms with van der Waals surface area (Å²) < 4.78 is 10.8. The van der Waals surface area contributed by atoms with Crippen molar-refractivity contribution in [2.24, 2.45) is 11.7 Å². The second-order valence-electron chi connectivity index (χ2n) is 8.25. The van der Waals surface area contributed by atoms with E-state index in [9.17, 15) is 9.59 Å². The minimum atomic E-state index is -0.146. The molecule has 1 aromatic rings. The summed E-state index contributed by atoms with van der Waals surface area (Å²) in [6, 6.07) is 6.01. The van der Waals surface area contributed by atoms with E-state index in [0.717, 1.165) is 44.0 Å². The van der Waals surface area contributed by atoms with E-state index >= 15 is 0 Å². The zero-order chi connectivity index (χ0) is 20.4. The van der Waals surface area contributed by atoms with Crippen molar-refractivity contribution < 1.29 is 19.1 Å². The first-order valence-electron chi connectivity index (χ1n) is 10.4. The molecule has 2 N–H and O–H groups in total. The first-order chi connectivity index (χ1) is 14.0. The molecule has 0 radical (unpaired) electrons. The SMILES string of the molecule is CC(=O)N1C[C@@H](N)CC[C@@H](C(=O)N2CCN(Cc3ccc4c(c3)OCO4)CC2)C1. The first-order valence-corrected chi connectivity index (χ1v) is 10.4. The van der Waals surface area contributed by atoms with Crippen molar-refractivity contribution in [2.45, 2.75) is 32.4 Å². The lowest BCUT2D eigenvalue weighted by atomic mass is 10.00. The molecule has 0 aromatic heterocycles. The highest BCUT2D eigenvalue weighted by Gasteiger charge is 2.32. The lowest BCUT2D eigenvalue weighted by molar-refractivity contribution is -0.139. The van der Waals surface area contributed by atoms with Gasteiger partial charge in [0.05, 0.1) is 5.92 Å². The van der Waals surface area contributed by atoms with Crippen molar-refractivity contribution in [3.63, 3.8) is 0 Å². The monoisotopic (exact) mass is 402 g/mol. The molecule has 29 heavy (non-hydrogen) atoms. The second kappa shape index (κ2) is 8.59. The molecule has 2 amide bonds. The van der Waals surface area contributed by atoms with Crippen LogP contribution in [0.3, 0.4) is 0 Å².